The zero-order chi connectivity index (χ0) is 20.3. The van der Waals surface area contributed by atoms with Gasteiger partial charge in [-0.3, -0.25) is 0 Å². The molecular formula is C27H48O. The summed E-state index contributed by atoms with van der Waals surface area (Å²) in [6.45, 7) is 16.7. The fourth-order valence-electron chi connectivity index (χ4n) is 10.2. The highest BCUT2D eigenvalue weighted by molar-refractivity contribution is 5.14. The summed E-state index contributed by atoms with van der Waals surface area (Å²) in [6, 6.07) is 0. The fourth-order valence-corrected chi connectivity index (χ4v) is 10.2. The molecule has 4 saturated carbocycles. The molecule has 4 fully saturated rings. The number of hydrogen-bond acceptors (Lipinski definition) is 1. The second-order valence-electron chi connectivity index (χ2n) is 12.9. The Morgan fingerprint density at radius 1 is 0.929 bits per heavy atom. The molecule has 28 heavy (non-hydrogen) atoms. The van der Waals surface area contributed by atoms with E-state index in [1.165, 1.54) is 57.8 Å². The van der Waals surface area contributed by atoms with Gasteiger partial charge in [-0.15, -0.1) is 0 Å². The van der Waals surface area contributed by atoms with Gasteiger partial charge < -0.3 is 4.74 Å². The summed E-state index contributed by atoms with van der Waals surface area (Å²) >= 11 is 0. The molecule has 0 radical (unpaired) electrons. The van der Waals surface area contributed by atoms with Crippen molar-refractivity contribution in [2.45, 2.75) is 99.3 Å². The van der Waals surface area contributed by atoms with Crippen molar-refractivity contribution < 1.29 is 4.74 Å². The Morgan fingerprint density at radius 2 is 1.68 bits per heavy atom. The van der Waals surface area contributed by atoms with Crippen LogP contribution in [0.5, 0.6) is 0 Å². The van der Waals surface area contributed by atoms with Gasteiger partial charge in [0.05, 0.1) is 0 Å². The van der Waals surface area contributed by atoms with Gasteiger partial charge in [-0.25, -0.2) is 0 Å². The van der Waals surface area contributed by atoms with Gasteiger partial charge in [0.25, 0.3) is 0 Å². The van der Waals surface area contributed by atoms with Crippen LogP contribution < -0.4 is 0 Å². The Morgan fingerprint density at radius 3 is 2.39 bits per heavy atom. The minimum atomic E-state index is 0.563. The van der Waals surface area contributed by atoms with Crippen molar-refractivity contribution in [1.82, 2.24) is 0 Å². The van der Waals surface area contributed by atoms with Crippen molar-refractivity contribution in [2.75, 3.05) is 13.7 Å². The second-order valence-corrected chi connectivity index (χ2v) is 12.9. The maximum absolute atomic E-state index is 5.45. The quantitative estimate of drug-likeness (QED) is 0.482. The van der Waals surface area contributed by atoms with E-state index < -0.39 is 0 Å². The summed E-state index contributed by atoms with van der Waals surface area (Å²) in [5.41, 5.74) is 1.79. The summed E-state index contributed by atoms with van der Waals surface area (Å²) in [5, 5.41) is 0. The molecule has 1 nitrogen and oxygen atoms in total. The monoisotopic (exact) mass is 388 g/mol. The van der Waals surface area contributed by atoms with Gasteiger partial charge in [0.1, 0.15) is 0 Å². The van der Waals surface area contributed by atoms with Crippen LogP contribution in [0.15, 0.2) is 0 Å². The Kier molecular flexibility index (Phi) is 5.51. The highest BCUT2D eigenvalue weighted by atomic mass is 16.5. The molecule has 10 atom stereocenters. The van der Waals surface area contributed by atoms with Crippen LogP contribution in [-0.2, 0) is 4.74 Å². The summed E-state index contributed by atoms with van der Waals surface area (Å²) in [7, 11) is 1.87. The normalized spacial score (nSPS) is 54.5. The summed E-state index contributed by atoms with van der Waals surface area (Å²) in [4.78, 5) is 0. The smallest absolute Gasteiger partial charge is 0.0464 e. The molecule has 0 aromatic rings. The van der Waals surface area contributed by atoms with Crippen LogP contribution in [0, 0.1) is 57.7 Å². The van der Waals surface area contributed by atoms with E-state index in [-0.39, 0.29) is 0 Å². The summed E-state index contributed by atoms with van der Waals surface area (Å²) < 4.78 is 5.45. The molecule has 3 unspecified atom stereocenters. The average molecular weight is 389 g/mol. The first-order valence-corrected chi connectivity index (χ1v) is 12.6. The lowest BCUT2D eigenvalue weighted by molar-refractivity contribution is -0.165. The van der Waals surface area contributed by atoms with Crippen LogP contribution in [0.25, 0.3) is 0 Å². The van der Waals surface area contributed by atoms with Gasteiger partial charge in [-0.05, 0) is 109 Å². The highest BCUT2D eigenvalue weighted by Crippen LogP contribution is 2.73. The van der Waals surface area contributed by atoms with Gasteiger partial charge in [0.15, 0.2) is 0 Å². The molecule has 162 valence electrons. The molecule has 0 aromatic heterocycles. The lowest BCUT2D eigenvalue weighted by atomic mass is 9.39. The van der Waals surface area contributed by atoms with E-state index in [9.17, 15) is 0 Å². The third-order valence-electron chi connectivity index (χ3n) is 11.2. The Bertz CT molecular complexity index is 571. The van der Waals surface area contributed by atoms with Crippen molar-refractivity contribution in [3.05, 3.63) is 0 Å². The molecule has 0 amide bonds. The average Bonchev–Trinajstić information content (AvgIpc) is 2.91. The van der Waals surface area contributed by atoms with Crippen LogP contribution in [0.1, 0.15) is 99.3 Å². The molecule has 4 aliphatic carbocycles. The van der Waals surface area contributed by atoms with E-state index >= 15 is 0 Å². The molecule has 0 N–H and O–H groups in total. The molecule has 4 rings (SSSR count). The van der Waals surface area contributed by atoms with Crippen molar-refractivity contribution in [1.29, 1.82) is 0 Å². The molecule has 0 aliphatic heterocycles. The van der Waals surface area contributed by atoms with Crippen LogP contribution in [0.3, 0.4) is 0 Å². The Balaban J connectivity index is 1.62. The molecule has 0 bridgehead atoms. The maximum atomic E-state index is 5.45. The lowest BCUT2D eigenvalue weighted by Crippen LogP contribution is -2.58. The summed E-state index contributed by atoms with van der Waals surface area (Å²) in [5.74, 6) is 6.51. The Hall–Kier alpha value is -0.0400. The first kappa shape index (κ1) is 21.2. The number of fused-ring (bicyclic) bond motifs is 5. The third-order valence-corrected chi connectivity index (χ3v) is 11.2. The molecular weight excluding hydrogens is 340 g/mol. The number of hydrogen-bond donors (Lipinski definition) is 0. The minimum absolute atomic E-state index is 0.563. The number of rotatable bonds is 4. The highest BCUT2D eigenvalue weighted by Gasteiger charge is 2.65. The van der Waals surface area contributed by atoms with Crippen LogP contribution >= 0.6 is 0 Å². The molecule has 0 aromatic carbocycles. The molecule has 0 heterocycles. The number of ether oxygens (including phenoxy) is 1. The number of methoxy groups -OCH3 is 1. The fraction of sp³-hybridized carbons (Fsp3) is 1.00. The minimum Gasteiger partial charge on any atom is -0.385 e. The molecule has 1 heteroatoms. The SMILES string of the molecule is COCC[C@@H](C)C1C[C@@H](C)C2[C@]1(C)CCC1[C@H]3CC[C@H](C)C[C@@]3(C)CC[C@]12C. The van der Waals surface area contributed by atoms with Crippen LogP contribution in [0.2, 0.25) is 0 Å². The van der Waals surface area contributed by atoms with Gasteiger partial charge in [-0.1, -0.05) is 48.0 Å². The predicted molar refractivity (Wildman–Crippen MR) is 119 cm³/mol. The second kappa shape index (κ2) is 7.28. The van der Waals surface area contributed by atoms with Gasteiger partial charge >= 0.3 is 0 Å². The van der Waals surface area contributed by atoms with E-state index in [1.54, 1.807) is 0 Å². The molecule has 0 saturated heterocycles. The van der Waals surface area contributed by atoms with Crippen molar-refractivity contribution in [3.63, 3.8) is 0 Å². The van der Waals surface area contributed by atoms with Gasteiger partial charge in [0.2, 0.25) is 0 Å². The van der Waals surface area contributed by atoms with E-state index in [2.05, 4.69) is 41.5 Å². The largest absolute Gasteiger partial charge is 0.385 e. The van der Waals surface area contributed by atoms with Crippen molar-refractivity contribution >= 4 is 0 Å². The van der Waals surface area contributed by atoms with Gasteiger partial charge in [-0.2, -0.15) is 0 Å². The van der Waals surface area contributed by atoms with E-state index in [0.717, 1.165) is 48.0 Å². The van der Waals surface area contributed by atoms with Crippen LogP contribution in [0.4, 0.5) is 0 Å². The lowest BCUT2D eigenvalue weighted by Gasteiger charge is -2.65. The first-order chi connectivity index (χ1) is 13.2. The maximum Gasteiger partial charge on any atom is 0.0464 e. The Labute approximate surface area is 175 Å². The first-order valence-electron chi connectivity index (χ1n) is 12.6. The van der Waals surface area contributed by atoms with Crippen molar-refractivity contribution in [3.8, 4) is 0 Å². The standard InChI is InChI=1S/C27H48O/c1-18-8-9-21-22-10-12-26(5)23(19(2)11-15-28-7)16-20(3)24(26)27(22,6)14-13-25(21,4)17-18/h18-24H,8-17H2,1-7H3/t18-,19+,20+,21+,22?,23?,24?,25+,26+,27+/m0/s1. The van der Waals surface area contributed by atoms with E-state index in [0.29, 0.717) is 16.2 Å². The van der Waals surface area contributed by atoms with Gasteiger partial charge in [0, 0.05) is 13.7 Å². The zero-order valence-electron chi connectivity index (χ0n) is 20.0. The zero-order valence-corrected chi connectivity index (χ0v) is 20.0. The van der Waals surface area contributed by atoms with Crippen molar-refractivity contribution in [2.24, 2.45) is 57.7 Å². The third kappa shape index (κ3) is 3.04. The van der Waals surface area contributed by atoms with Crippen LogP contribution in [-0.4, -0.2) is 13.7 Å². The molecule has 4 aliphatic rings. The van der Waals surface area contributed by atoms with E-state index in [4.69, 9.17) is 4.74 Å². The summed E-state index contributed by atoms with van der Waals surface area (Å²) in [6.07, 6.45) is 13.2. The van der Waals surface area contributed by atoms with E-state index in [1.807, 2.05) is 7.11 Å². The topological polar surface area (TPSA) is 9.23 Å². The molecule has 0 spiro atoms. The predicted octanol–water partition coefficient (Wildman–Crippen LogP) is 7.59.